The quantitative estimate of drug-likeness (QED) is 0.478. The van der Waals surface area contributed by atoms with Crippen LogP contribution < -0.4 is 5.32 Å². The second kappa shape index (κ2) is 7.52. The number of carbonyl (C=O) groups excluding carboxylic acids is 1. The number of H-pyrrole nitrogens is 1. The molecule has 0 bridgehead atoms. The van der Waals surface area contributed by atoms with Crippen LogP contribution in [0.2, 0.25) is 0 Å². The number of anilines is 1. The molecule has 2 N–H and O–H groups in total. The predicted molar refractivity (Wildman–Crippen MR) is 98.2 cm³/mol. The Labute approximate surface area is 150 Å². The van der Waals surface area contributed by atoms with E-state index >= 15 is 0 Å². The monoisotopic (exact) mass is 360 g/mol. The number of aromatic amines is 1. The van der Waals surface area contributed by atoms with Gasteiger partial charge in [-0.2, -0.15) is 0 Å². The topological polar surface area (TPSA) is 101 Å². The lowest BCUT2D eigenvalue weighted by Gasteiger charge is -2.18. The summed E-state index contributed by atoms with van der Waals surface area (Å²) in [4.78, 5) is 29.9. The van der Waals surface area contributed by atoms with Crippen LogP contribution >= 0.6 is 12.2 Å². The van der Waals surface area contributed by atoms with Crippen LogP contribution in [0.4, 0.5) is 11.4 Å². The third-order valence-electron chi connectivity index (χ3n) is 3.57. The van der Waals surface area contributed by atoms with Gasteiger partial charge in [-0.25, -0.2) is 4.98 Å². The fraction of sp³-hybridized carbons (Fsp3) is 0.353. The molecule has 2 aromatic rings. The Bertz CT molecular complexity index is 855. The summed E-state index contributed by atoms with van der Waals surface area (Å²) in [5, 5.41) is 13.6. The SMILES string of the molecule is CC(C)(C)c1cc(CCC(=O)Nc2ccccc2[N+](=O)[O-])[nH]c(=S)n1. The van der Waals surface area contributed by atoms with Crippen LogP contribution in [0.3, 0.4) is 0 Å². The van der Waals surface area contributed by atoms with Gasteiger partial charge in [0.2, 0.25) is 5.91 Å². The van der Waals surface area contributed by atoms with E-state index in [1.54, 1.807) is 12.1 Å². The van der Waals surface area contributed by atoms with Crippen molar-refractivity contribution in [3.8, 4) is 0 Å². The normalized spacial score (nSPS) is 11.2. The molecule has 0 unspecified atom stereocenters. The lowest BCUT2D eigenvalue weighted by Crippen LogP contribution is -2.16. The van der Waals surface area contributed by atoms with Gasteiger partial charge in [-0.3, -0.25) is 14.9 Å². The molecule has 25 heavy (non-hydrogen) atoms. The van der Waals surface area contributed by atoms with Crippen molar-refractivity contribution < 1.29 is 9.72 Å². The Kier molecular flexibility index (Phi) is 5.63. The molecule has 1 heterocycles. The Morgan fingerprint density at radius 2 is 2.04 bits per heavy atom. The van der Waals surface area contributed by atoms with Crippen LogP contribution in [-0.2, 0) is 16.6 Å². The minimum atomic E-state index is -0.522. The number of para-hydroxylation sites is 2. The van der Waals surface area contributed by atoms with Crippen molar-refractivity contribution in [3.63, 3.8) is 0 Å². The van der Waals surface area contributed by atoms with E-state index < -0.39 is 4.92 Å². The van der Waals surface area contributed by atoms with E-state index in [9.17, 15) is 14.9 Å². The van der Waals surface area contributed by atoms with Gasteiger partial charge >= 0.3 is 0 Å². The first-order valence-electron chi connectivity index (χ1n) is 7.81. The van der Waals surface area contributed by atoms with Gasteiger partial charge in [0.05, 0.1) is 10.6 Å². The number of nitrogens with zero attached hydrogens (tertiary/aromatic N) is 2. The average molecular weight is 360 g/mol. The number of nitro groups is 1. The number of amides is 1. The van der Waals surface area contributed by atoms with Crippen molar-refractivity contribution >= 4 is 29.5 Å². The molecule has 0 aliphatic rings. The van der Waals surface area contributed by atoms with Gasteiger partial charge in [-0.05, 0) is 30.8 Å². The maximum absolute atomic E-state index is 12.1. The number of nitro benzene ring substituents is 1. The minimum Gasteiger partial charge on any atom is -0.334 e. The van der Waals surface area contributed by atoms with Crippen molar-refractivity contribution in [2.24, 2.45) is 0 Å². The standard InChI is InChI=1S/C17H20N4O3S/c1-17(2,3)14-10-11(18-16(25)20-14)8-9-15(22)19-12-6-4-5-7-13(12)21(23)24/h4-7,10H,8-9H2,1-3H3,(H,19,22)(H,18,20,25). The average Bonchev–Trinajstić information content (AvgIpc) is 2.52. The molecule has 0 saturated heterocycles. The van der Waals surface area contributed by atoms with Crippen molar-refractivity contribution in [3.05, 3.63) is 56.6 Å². The molecule has 0 aliphatic heterocycles. The Morgan fingerprint density at radius 3 is 2.68 bits per heavy atom. The van der Waals surface area contributed by atoms with Crippen LogP contribution in [0.25, 0.3) is 0 Å². The number of aromatic nitrogens is 2. The van der Waals surface area contributed by atoms with Crippen LogP contribution in [0, 0.1) is 14.9 Å². The summed E-state index contributed by atoms with van der Waals surface area (Å²) in [6, 6.07) is 7.95. The third-order valence-corrected chi connectivity index (χ3v) is 3.76. The highest BCUT2D eigenvalue weighted by molar-refractivity contribution is 7.71. The second-order valence-corrected chi connectivity index (χ2v) is 7.06. The van der Waals surface area contributed by atoms with Gasteiger partial charge in [-0.15, -0.1) is 0 Å². The molecule has 0 radical (unpaired) electrons. The number of hydrogen-bond donors (Lipinski definition) is 2. The molecule has 0 spiro atoms. The zero-order valence-electron chi connectivity index (χ0n) is 14.3. The van der Waals surface area contributed by atoms with Crippen molar-refractivity contribution in [2.45, 2.75) is 39.0 Å². The maximum Gasteiger partial charge on any atom is 0.292 e. The van der Waals surface area contributed by atoms with Gasteiger partial charge in [-0.1, -0.05) is 32.9 Å². The Hall–Kier alpha value is -2.61. The summed E-state index contributed by atoms with van der Waals surface area (Å²) in [5.74, 6) is -0.303. The summed E-state index contributed by atoms with van der Waals surface area (Å²) in [5.41, 5.74) is 1.57. The van der Waals surface area contributed by atoms with Crippen LogP contribution in [0.5, 0.6) is 0 Å². The number of aryl methyl sites for hydroxylation is 1. The van der Waals surface area contributed by atoms with E-state index in [0.717, 1.165) is 11.4 Å². The van der Waals surface area contributed by atoms with Crippen LogP contribution in [-0.4, -0.2) is 20.8 Å². The first-order valence-corrected chi connectivity index (χ1v) is 8.21. The molecule has 0 atom stereocenters. The van der Waals surface area contributed by atoms with Crippen molar-refractivity contribution in [2.75, 3.05) is 5.32 Å². The van der Waals surface area contributed by atoms with Gasteiger partial charge in [0.25, 0.3) is 5.69 Å². The Morgan fingerprint density at radius 1 is 1.36 bits per heavy atom. The van der Waals surface area contributed by atoms with Gasteiger partial charge in [0.1, 0.15) is 5.69 Å². The Balaban J connectivity index is 2.07. The van der Waals surface area contributed by atoms with E-state index in [0.29, 0.717) is 11.2 Å². The second-order valence-electron chi connectivity index (χ2n) is 6.67. The van der Waals surface area contributed by atoms with Crippen LogP contribution in [0.15, 0.2) is 30.3 Å². The van der Waals surface area contributed by atoms with E-state index in [-0.39, 0.29) is 29.1 Å². The molecular formula is C17H20N4O3S. The van der Waals surface area contributed by atoms with E-state index in [4.69, 9.17) is 12.2 Å². The number of carbonyl (C=O) groups is 1. The largest absolute Gasteiger partial charge is 0.334 e. The number of benzene rings is 1. The fourth-order valence-electron chi connectivity index (χ4n) is 2.23. The van der Waals surface area contributed by atoms with Crippen molar-refractivity contribution in [1.82, 2.24) is 9.97 Å². The molecule has 1 aromatic heterocycles. The molecule has 7 nitrogen and oxygen atoms in total. The molecule has 8 heteroatoms. The smallest absolute Gasteiger partial charge is 0.292 e. The van der Waals surface area contributed by atoms with Gasteiger partial charge in [0.15, 0.2) is 4.77 Å². The fourth-order valence-corrected chi connectivity index (χ4v) is 2.46. The summed E-state index contributed by atoms with van der Waals surface area (Å²) >= 11 is 5.14. The summed E-state index contributed by atoms with van der Waals surface area (Å²) in [6.45, 7) is 6.11. The summed E-state index contributed by atoms with van der Waals surface area (Å²) in [6.07, 6.45) is 0.604. The first kappa shape index (κ1) is 18.7. The van der Waals surface area contributed by atoms with Gasteiger partial charge < -0.3 is 10.3 Å². The summed E-state index contributed by atoms with van der Waals surface area (Å²) < 4.78 is 0.376. The first-order chi connectivity index (χ1) is 11.7. The maximum atomic E-state index is 12.1. The van der Waals surface area contributed by atoms with E-state index in [1.165, 1.54) is 12.1 Å². The summed E-state index contributed by atoms with van der Waals surface area (Å²) in [7, 11) is 0. The van der Waals surface area contributed by atoms with E-state index in [2.05, 4.69) is 15.3 Å². The molecule has 1 aromatic carbocycles. The molecule has 0 aliphatic carbocycles. The zero-order chi connectivity index (χ0) is 18.6. The van der Waals surface area contributed by atoms with Gasteiger partial charge in [0, 0.05) is 23.6 Å². The molecule has 0 saturated carbocycles. The highest BCUT2D eigenvalue weighted by atomic mass is 32.1. The highest BCUT2D eigenvalue weighted by Gasteiger charge is 2.17. The molecule has 132 valence electrons. The molecule has 0 fully saturated rings. The third kappa shape index (κ3) is 5.18. The molecular weight excluding hydrogens is 340 g/mol. The number of nitrogens with one attached hydrogen (secondary N) is 2. The minimum absolute atomic E-state index is 0.130. The molecule has 2 rings (SSSR count). The van der Waals surface area contributed by atoms with E-state index in [1.807, 2.05) is 26.8 Å². The number of hydrogen-bond acceptors (Lipinski definition) is 5. The lowest BCUT2D eigenvalue weighted by molar-refractivity contribution is -0.383. The molecule has 1 amide bonds. The predicted octanol–water partition coefficient (Wildman–Crippen LogP) is 3.92. The van der Waals surface area contributed by atoms with Crippen molar-refractivity contribution in [1.29, 1.82) is 0 Å². The lowest BCUT2D eigenvalue weighted by atomic mass is 9.91. The zero-order valence-corrected chi connectivity index (χ0v) is 15.1. The highest BCUT2D eigenvalue weighted by Crippen LogP contribution is 2.24. The number of rotatable bonds is 5. The van der Waals surface area contributed by atoms with Crippen LogP contribution in [0.1, 0.15) is 38.6 Å².